The van der Waals surface area contributed by atoms with Gasteiger partial charge in [0.05, 0.1) is 16.5 Å². The Kier molecular flexibility index (Phi) is 3.55. The maximum atomic E-state index is 10.8. The van der Waals surface area contributed by atoms with E-state index in [9.17, 15) is 20.2 Å². The number of non-ortho nitro benzene ring substituents is 2. The molecule has 0 amide bonds. The summed E-state index contributed by atoms with van der Waals surface area (Å²) in [6.45, 7) is 0.396. The monoisotopic (exact) mass is 358 g/mol. The minimum absolute atomic E-state index is 0.00496. The van der Waals surface area contributed by atoms with Crippen LogP contribution in [0.25, 0.3) is 0 Å². The van der Waals surface area contributed by atoms with E-state index in [4.69, 9.17) is 14.2 Å². The van der Waals surface area contributed by atoms with Crippen LogP contribution in [0.2, 0.25) is 0 Å². The van der Waals surface area contributed by atoms with E-state index in [0.717, 1.165) is 5.56 Å². The molecule has 4 rings (SSSR count). The molecule has 0 bridgehead atoms. The van der Waals surface area contributed by atoms with Gasteiger partial charge in [-0.3, -0.25) is 20.2 Å². The molecule has 9 heteroatoms. The Hall–Kier alpha value is -2.88. The summed E-state index contributed by atoms with van der Waals surface area (Å²) in [6, 6.07) is 12.1. The number of hydrogen-bond donors (Lipinski definition) is 0. The lowest BCUT2D eigenvalue weighted by molar-refractivity contribution is -0.385. The first kappa shape index (κ1) is 16.6. The summed E-state index contributed by atoms with van der Waals surface area (Å²) in [4.78, 5) is 20.7. The number of benzene rings is 2. The molecule has 2 fully saturated rings. The third kappa shape index (κ3) is 2.37. The number of epoxide rings is 2. The molecule has 26 heavy (non-hydrogen) atoms. The highest BCUT2D eigenvalue weighted by Gasteiger charge is 2.74. The van der Waals surface area contributed by atoms with Crippen molar-refractivity contribution in [3.8, 4) is 0 Å². The van der Waals surface area contributed by atoms with Gasteiger partial charge in [0, 0.05) is 36.9 Å². The average Bonchev–Trinajstić information content (AvgIpc) is 3.55. The highest BCUT2D eigenvalue weighted by molar-refractivity contribution is 5.43. The van der Waals surface area contributed by atoms with Crippen LogP contribution in [0, 0.1) is 20.2 Å². The van der Waals surface area contributed by atoms with Crippen LogP contribution < -0.4 is 0 Å². The zero-order valence-corrected chi connectivity index (χ0v) is 13.7. The Morgan fingerprint density at radius 3 is 1.81 bits per heavy atom. The second-order valence-electron chi connectivity index (χ2n) is 6.16. The summed E-state index contributed by atoms with van der Waals surface area (Å²) in [7, 11) is 1.49. The topological polar surface area (TPSA) is 121 Å². The summed E-state index contributed by atoms with van der Waals surface area (Å²) in [5.74, 6) is -1.06. The SMILES string of the molecule is COC1(c2ccc([N+](=O)[O-])cc2)OC1C1(c2ccc([N+](=O)[O-])cc2)CO1. The fraction of sp³-hybridized carbons (Fsp3) is 0.294. The smallest absolute Gasteiger partial charge is 0.269 e. The molecule has 2 aliphatic rings. The number of methoxy groups -OCH3 is 1. The van der Waals surface area contributed by atoms with E-state index in [1.165, 1.54) is 31.4 Å². The standard InChI is InChI=1S/C17H14N2O7/c1-24-17(12-4-8-14(9-5-12)19(22)23)15(26-17)16(10-25-16)11-2-6-13(7-3-11)18(20)21/h2-9,15H,10H2,1H3. The van der Waals surface area contributed by atoms with Crippen molar-refractivity contribution in [2.45, 2.75) is 17.5 Å². The molecule has 3 atom stereocenters. The quantitative estimate of drug-likeness (QED) is 0.442. The minimum Gasteiger partial charge on any atom is -0.361 e. The van der Waals surface area contributed by atoms with Crippen molar-refractivity contribution < 1.29 is 24.1 Å². The van der Waals surface area contributed by atoms with Gasteiger partial charge in [-0.15, -0.1) is 0 Å². The van der Waals surface area contributed by atoms with E-state index >= 15 is 0 Å². The van der Waals surface area contributed by atoms with Gasteiger partial charge in [0.2, 0.25) is 5.79 Å². The van der Waals surface area contributed by atoms with Gasteiger partial charge in [0.1, 0.15) is 5.60 Å². The first-order valence-electron chi connectivity index (χ1n) is 7.80. The zero-order chi connectivity index (χ0) is 18.5. The fourth-order valence-electron chi connectivity index (χ4n) is 3.26. The molecule has 0 saturated carbocycles. The maximum absolute atomic E-state index is 10.8. The zero-order valence-electron chi connectivity index (χ0n) is 13.7. The molecule has 2 heterocycles. The van der Waals surface area contributed by atoms with Crippen LogP contribution in [-0.4, -0.2) is 29.7 Å². The van der Waals surface area contributed by atoms with Gasteiger partial charge in [-0.25, -0.2) is 0 Å². The van der Waals surface area contributed by atoms with E-state index in [1.54, 1.807) is 24.3 Å². The fourth-order valence-corrected chi connectivity index (χ4v) is 3.26. The summed E-state index contributed by atoms with van der Waals surface area (Å²) in [5, 5.41) is 21.6. The van der Waals surface area contributed by atoms with Crippen LogP contribution in [0.5, 0.6) is 0 Å². The van der Waals surface area contributed by atoms with Gasteiger partial charge in [-0.1, -0.05) is 0 Å². The molecule has 0 aliphatic carbocycles. The van der Waals surface area contributed by atoms with E-state index < -0.39 is 27.3 Å². The summed E-state index contributed by atoms with van der Waals surface area (Å²) >= 11 is 0. The number of rotatable bonds is 6. The Labute approximate surface area is 147 Å². The van der Waals surface area contributed by atoms with Crippen LogP contribution in [0.4, 0.5) is 11.4 Å². The first-order valence-corrected chi connectivity index (χ1v) is 7.80. The van der Waals surface area contributed by atoms with Gasteiger partial charge < -0.3 is 14.2 Å². The number of hydrogen-bond acceptors (Lipinski definition) is 7. The van der Waals surface area contributed by atoms with Crippen LogP contribution in [0.1, 0.15) is 11.1 Å². The lowest BCUT2D eigenvalue weighted by atomic mass is 9.90. The maximum Gasteiger partial charge on any atom is 0.269 e. The largest absolute Gasteiger partial charge is 0.361 e. The molecule has 0 radical (unpaired) electrons. The molecular formula is C17H14N2O7. The molecule has 2 saturated heterocycles. The number of ether oxygens (including phenoxy) is 3. The number of nitrogens with zero attached hydrogens (tertiary/aromatic N) is 2. The molecule has 9 nitrogen and oxygen atoms in total. The highest BCUT2D eigenvalue weighted by atomic mass is 16.8. The number of nitro groups is 2. The van der Waals surface area contributed by atoms with Crippen molar-refractivity contribution in [2.75, 3.05) is 13.7 Å². The molecule has 2 aliphatic heterocycles. The van der Waals surface area contributed by atoms with Crippen molar-refractivity contribution in [1.29, 1.82) is 0 Å². The van der Waals surface area contributed by atoms with Crippen molar-refractivity contribution in [3.63, 3.8) is 0 Å². The summed E-state index contributed by atoms with van der Waals surface area (Å²) in [6.07, 6.45) is -0.456. The Morgan fingerprint density at radius 2 is 1.42 bits per heavy atom. The average molecular weight is 358 g/mol. The molecule has 0 spiro atoms. The van der Waals surface area contributed by atoms with Crippen molar-refractivity contribution in [1.82, 2.24) is 0 Å². The highest BCUT2D eigenvalue weighted by Crippen LogP contribution is 2.61. The van der Waals surface area contributed by atoms with Crippen molar-refractivity contribution in [3.05, 3.63) is 79.9 Å². The molecule has 134 valence electrons. The minimum atomic E-state index is -1.06. The van der Waals surface area contributed by atoms with Crippen LogP contribution in [0.15, 0.2) is 48.5 Å². The summed E-state index contributed by atoms with van der Waals surface area (Å²) < 4.78 is 17.1. The van der Waals surface area contributed by atoms with Crippen molar-refractivity contribution in [2.24, 2.45) is 0 Å². The molecule has 2 aromatic rings. The van der Waals surface area contributed by atoms with Gasteiger partial charge >= 0.3 is 0 Å². The number of nitro benzene ring substituents is 2. The molecule has 3 unspecified atom stereocenters. The van der Waals surface area contributed by atoms with Crippen LogP contribution in [0.3, 0.4) is 0 Å². The Bertz CT molecular complexity index is 877. The lowest BCUT2D eigenvalue weighted by Crippen LogP contribution is -2.26. The molecular weight excluding hydrogens is 344 g/mol. The summed E-state index contributed by atoms with van der Waals surface area (Å²) in [5.41, 5.74) is 0.633. The molecule has 0 aromatic heterocycles. The molecule has 2 aromatic carbocycles. The van der Waals surface area contributed by atoms with Gasteiger partial charge in [-0.05, 0) is 29.8 Å². The predicted octanol–water partition coefficient (Wildman–Crippen LogP) is 2.63. The normalized spacial score (nSPS) is 29.2. The third-order valence-corrected chi connectivity index (χ3v) is 4.81. The van der Waals surface area contributed by atoms with Gasteiger partial charge in [0.25, 0.3) is 11.4 Å². The third-order valence-electron chi connectivity index (χ3n) is 4.81. The van der Waals surface area contributed by atoms with Crippen molar-refractivity contribution >= 4 is 11.4 Å². The Balaban J connectivity index is 1.62. The molecule has 0 N–H and O–H groups in total. The lowest BCUT2D eigenvalue weighted by Gasteiger charge is -2.15. The van der Waals surface area contributed by atoms with Gasteiger partial charge in [-0.2, -0.15) is 0 Å². The van der Waals surface area contributed by atoms with Crippen LogP contribution >= 0.6 is 0 Å². The van der Waals surface area contributed by atoms with E-state index in [-0.39, 0.29) is 11.4 Å². The second-order valence-corrected chi connectivity index (χ2v) is 6.16. The predicted molar refractivity (Wildman–Crippen MR) is 87.4 cm³/mol. The van der Waals surface area contributed by atoms with E-state index in [2.05, 4.69) is 0 Å². The second kappa shape index (κ2) is 5.56. The van der Waals surface area contributed by atoms with E-state index in [0.29, 0.717) is 12.2 Å². The van der Waals surface area contributed by atoms with Gasteiger partial charge in [0.15, 0.2) is 6.10 Å². The Morgan fingerprint density at radius 1 is 0.962 bits per heavy atom. The van der Waals surface area contributed by atoms with E-state index in [1.807, 2.05) is 0 Å². The first-order chi connectivity index (χ1) is 12.4. The van der Waals surface area contributed by atoms with Crippen LogP contribution in [-0.2, 0) is 25.6 Å².